The molecule has 156 valence electrons. The standard InChI is InChI=1S/C22H28N8/c1-13(2)21-18-19(28-29(21)4)14(3)16-12-25-22(27-20(16)18)26-17-6-5-15(11-24-17)30-9-7-23-8-10-30/h5-6,11-14,23H,7-10H2,1-4H3,(H,24,25,26,27). The Morgan fingerprint density at radius 1 is 1.13 bits per heavy atom. The van der Waals surface area contributed by atoms with Gasteiger partial charge in [-0.05, 0) is 18.1 Å². The van der Waals surface area contributed by atoms with E-state index in [0.717, 1.165) is 54.6 Å². The molecule has 1 unspecified atom stereocenters. The van der Waals surface area contributed by atoms with Crippen LogP contribution in [0.1, 0.15) is 49.6 Å². The highest BCUT2D eigenvalue weighted by molar-refractivity contribution is 5.77. The first-order valence-corrected chi connectivity index (χ1v) is 10.7. The molecule has 1 atom stereocenters. The maximum Gasteiger partial charge on any atom is 0.228 e. The Morgan fingerprint density at radius 3 is 2.63 bits per heavy atom. The van der Waals surface area contributed by atoms with Gasteiger partial charge in [0.15, 0.2) is 0 Å². The van der Waals surface area contributed by atoms with Crippen LogP contribution in [0.2, 0.25) is 0 Å². The molecule has 1 aliphatic carbocycles. The fraction of sp³-hybridized carbons (Fsp3) is 0.455. The van der Waals surface area contributed by atoms with E-state index in [9.17, 15) is 0 Å². The predicted molar refractivity (Wildman–Crippen MR) is 118 cm³/mol. The number of anilines is 3. The van der Waals surface area contributed by atoms with Crippen molar-refractivity contribution in [2.75, 3.05) is 36.4 Å². The molecule has 0 radical (unpaired) electrons. The second kappa shape index (κ2) is 7.36. The van der Waals surface area contributed by atoms with E-state index < -0.39 is 0 Å². The molecule has 8 nitrogen and oxygen atoms in total. The van der Waals surface area contributed by atoms with E-state index in [0.29, 0.717) is 11.9 Å². The summed E-state index contributed by atoms with van der Waals surface area (Å²) in [4.78, 5) is 16.4. The van der Waals surface area contributed by atoms with Crippen molar-refractivity contribution >= 4 is 17.5 Å². The Hall–Kier alpha value is -3.00. The van der Waals surface area contributed by atoms with E-state index in [2.05, 4.69) is 52.3 Å². The zero-order chi connectivity index (χ0) is 20.8. The third kappa shape index (κ3) is 3.11. The van der Waals surface area contributed by atoms with Gasteiger partial charge in [0.2, 0.25) is 5.95 Å². The van der Waals surface area contributed by atoms with Crippen molar-refractivity contribution in [1.29, 1.82) is 0 Å². The minimum absolute atomic E-state index is 0.208. The lowest BCUT2D eigenvalue weighted by Crippen LogP contribution is -2.43. The lowest BCUT2D eigenvalue weighted by Gasteiger charge is -2.29. The Labute approximate surface area is 176 Å². The van der Waals surface area contributed by atoms with Crippen LogP contribution in [0.25, 0.3) is 11.3 Å². The average Bonchev–Trinajstić information content (AvgIpc) is 3.23. The van der Waals surface area contributed by atoms with Gasteiger partial charge < -0.3 is 15.5 Å². The number of aromatic nitrogens is 5. The summed E-state index contributed by atoms with van der Waals surface area (Å²) >= 11 is 0. The summed E-state index contributed by atoms with van der Waals surface area (Å²) < 4.78 is 2.00. The maximum absolute atomic E-state index is 4.87. The highest BCUT2D eigenvalue weighted by atomic mass is 15.3. The molecule has 5 rings (SSSR count). The quantitative estimate of drug-likeness (QED) is 0.691. The molecule has 4 heterocycles. The van der Waals surface area contributed by atoms with Crippen LogP contribution < -0.4 is 15.5 Å². The smallest absolute Gasteiger partial charge is 0.228 e. The zero-order valence-electron chi connectivity index (χ0n) is 18.0. The molecule has 3 aromatic rings. The number of rotatable bonds is 4. The van der Waals surface area contributed by atoms with Crippen molar-refractivity contribution in [1.82, 2.24) is 30.0 Å². The molecule has 3 aromatic heterocycles. The summed E-state index contributed by atoms with van der Waals surface area (Å²) in [5.41, 5.74) is 6.77. The summed E-state index contributed by atoms with van der Waals surface area (Å²) in [5, 5.41) is 11.4. The highest BCUT2D eigenvalue weighted by Crippen LogP contribution is 2.46. The van der Waals surface area contributed by atoms with Gasteiger partial charge in [0.1, 0.15) is 5.82 Å². The number of hydrogen-bond donors (Lipinski definition) is 2. The minimum Gasteiger partial charge on any atom is -0.368 e. The Bertz CT molecular complexity index is 1060. The maximum atomic E-state index is 4.87. The van der Waals surface area contributed by atoms with Crippen LogP contribution in [0, 0.1) is 0 Å². The Kier molecular flexibility index (Phi) is 4.66. The minimum atomic E-state index is 0.208. The summed E-state index contributed by atoms with van der Waals surface area (Å²) in [6.45, 7) is 10.6. The van der Waals surface area contributed by atoms with E-state index in [1.165, 1.54) is 11.3 Å². The van der Waals surface area contributed by atoms with Crippen LogP contribution in [0.3, 0.4) is 0 Å². The van der Waals surface area contributed by atoms with Crippen molar-refractivity contribution in [2.24, 2.45) is 7.05 Å². The van der Waals surface area contributed by atoms with Crippen molar-refractivity contribution in [3.05, 3.63) is 41.5 Å². The first kappa shape index (κ1) is 19.0. The molecule has 0 spiro atoms. The molecular weight excluding hydrogens is 376 g/mol. The molecule has 1 aliphatic heterocycles. The summed E-state index contributed by atoms with van der Waals surface area (Å²) in [7, 11) is 2.02. The molecule has 2 N–H and O–H groups in total. The van der Waals surface area contributed by atoms with Gasteiger partial charge in [-0.25, -0.2) is 15.0 Å². The first-order valence-electron chi connectivity index (χ1n) is 10.7. The lowest BCUT2D eigenvalue weighted by atomic mass is 10.0. The molecule has 0 saturated carbocycles. The van der Waals surface area contributed by atoms with Gasteiger partial charge in [0.25, 0.3) is 0 Å². The highest BCUT2D eigenvalue weighted by Gasteiger charge is 2.34. The average molecular weight is 405 g/mol. The fourth-order valence-electron chi connectivity index (χ4n) is 4.57. The largest absolute Gasteiger partial charge is 0.368 e. The van der Waals surface area contributed by atoms with Crippen LogP contribution in [-0.4, -0.2) is 50.9 Å². The number of fused-ring (bicyclic) bond motifs is 3. The van der Waals surface area contributed by atoms with E-state index in [1.807, 2.05) is 30.2 Å². The Balaban J connectivity index is 1.42. The van der Waals surface area contributed by atoms with Crippen molar-refractivity contribution < 1.29 is 0 Å². The van der Waals surface area contributed by atoms with Gasteiger partial charge in [-0.1, -0.05) is 20.8 Å². The number of nitrogens with zero attached hydrogens (tertiary/aromatic N) is 6. The summed E-state index contributed by atoms with van der Waals surface area (Å²) in [6.07, 6.45) is 3.84. The third-order valence-corrected chi connectivity index (χ3v) is 6.07. The number of nitrogens with one attached hydrogen (secondary N) is 2. The first-order chi connectivity index (χ1) is 14.5. The van der Waals surface area contributed by atoms with Gasteiger partial charge in [0, 0.05) is 56.5 Å². The third-order valence-electron chi connectivity index (χ3n) is 6.07. The molecule has 0 bridgehead atoms. The van der Waals surface area contributed by atoms with Gasteiger partial charge in [-0.15, -0.1) is 0 Å². The molecule has 0 aromatic carbocycles. The molecular formula is C22H28N8. The second-order valence-electron chi connectivity index (χ2n) is 8.41. The number of piperazine rings is 1. The van der Waals surface area contributed by atoms with Gasteiger partial charge in [-0.3, -0.25) is 4.68 Å². The topological polar surface area (TPSA) is 83.8 Å². The van der Waals surface area contributed by atoms with Crippen LogP contribution >= 0.6 is 0 Å². The van der Waals surface area contributed by atoms with E-state index in [-0.39, 0.29) is 5.92 Å². The number of hydrogen-bond acceptors (Lipinski definition) is 7. The van der Waals surface area contributed by atoms with Gasteiger partial charge >= 0.3 is 0 Å². The normalized spacial score (nSPS) is 17.9. The second-order valence-corrected chi connectivity index (χ2v) is 8.41. The number of aryl methyl sites for hydroxylation is 1. The van der Waals surface area contributed by atoms with Gasteiger partial charge in [0.05, 0.1) is 29.0 Å². The van der Waals surface area contributed by atoms with E-state index in [4.69, 9.17) is 10.1 Å². The fourth-order valence-corrected chi connectivity index (χ4v) is 4.57. The molecule has 8 heteroatoms. The van der Waals surface area contributed by atoms with Gasteiger partial charge in [-0.2, -0.15) is 5.10 Å². The van der Waals surface area contributed by atoms with Crippen LogP contribution in [0.15, 0.2) is 24.5 Å². The summed E-state index contributed by atoms with van der Waals surface area (Å²) in [6, 6.07) is 4.10. The van der Waals surface area contributed by atoms with Crippen LogP contribution in [0.5, 0.6) is 0 Å². The zero-order valence-corrected chi connectivity index (χ0v) is 18.0. The Morgan fingerprint density at radius 2 is 1.93 bits per heavy atom. The van der Waals surface area contributed by atoms with E-state index >= 15 is 0 Å². The predicted octanol–water partition coefficient (Wildman–Crippen LogP) is 3.01. The molecule has 1 fully saturated rings. The monoisotopic (exact) mass is 404 g/mol. The van der Waals surface area contributed by atoms with Crippen molar-refractivity contribution in [2.45, 2.75) is 32.6 Å². The molecule has 30 heavy (non-hydrogen) atoms. The van der Waals surface area contributed by atoms with Crippen molar-refractivity contribution in [3.63, 3.8) is 0 Å². The number of pyridine rings is 1. The van der Waals surface area contributed by atoms with Crippen LogP contribution in [0.4, 0.5) is 17.5 Å². The summed E-state index contributed by atoms with van der Waals surface area (Å²) in [5.74, 6) is 1.89. The molecule has 2 aliphatic rings. The lowest BCUT2D eigenvalue weighted by molar-refractivity contribution is 0.589. The van der Waals surface area contributed by atoms with Crippen molar-refractivity contribution in [3.8, 4) is 11.3 Å². The molecule has 0 amide bonds. The SMILES string of the molecule is CC(C)c1c2c(nn1C)C(C)c1cnc(Nc3ccc(N4CCNCC4)cn3)nc1-2. The molecule has 1 saturated heterocycles. The van der Waals surface area contributed by atoms with Crippen LogP contribution in [-0.2, 0) is 7.05 Å². The van der Waals surface area contributed by atoms with E-state index in [1.54, 1.807) is 0 Å².